The Labute approximate surface area is 332 Å². The molecule has 0 N–H and O–H groups in total. The summed E-state index contributed by atoms with van der Waals surface area (Å²) in [6, 6.07) is 40.6. The maximum atomic E-state index is 6.73. The number of aromatic nitrogens is 2. The van der Waals surface area contributed by atoms with Crippen LogP contribution in [0.5, 0.6) is 11.5 Å². The number of hydrogen-bond donors (Lipinski definition) is 0. The van der Waals surface area contributed by atoms with E-state index >= 15 is 0 Å². The number of dihydropyridines is 1. The molecule has 274 valence electrons. The zero-order valence-corrected chi connectivity index (χ0v) is 31.5. The van der Waals surface area contributed by atoms with E-state index in [-0.39, 0.29) is 12.0 Å². The van der Waals surface area contributed by atoms with Crippen LogP contribution >= 0.6 is 0 Å². The molecule has 2 aromatic heterocycles. The summed E-state index contributed by atoms with van der Waals surface area (Å²) in [6.45, 7) is 2.18. The normalized spacial score (nSPS) is 21.1. The summed E-state index contributed by atoms with van der Waals surface area (Å²) in [5.41, 5.74) is 15.0. The minimum atomic E-state index is -0.563. The first kappa shape index (κ1) is 33.4. The van der Waals surface area contributed by atoms with Gasteiger partial charge in [0.1, 0.15) is 17.0 Å². The lowest BCUT2D eigenvalue weighted by Crippen LogP contribution is -2.36. The van der Waals surface area contributed by atoms with Crippen LogP contribution in [-0.4, -0.2) is 28.0 Å². The van der Waals surface area contributed by atoms with Crippen molar-refractivity contribution in [1.82, 2.24) is 9.97 Å². The van der Waals surface area contributed by atoms with E-state index in [1.54, 1.807) is 0 Å². The van der Waals surface area contributed by atoms with Crippen molar-refractivity contribution in [2.45, 2.75) is 43.7 Å². The van der Waals surface area contributed by atoms with Crippen LogP contribution in [-0.2, 0) is 5.54 Å². The van der Waals surface area contributed by atoms with Crippen molar-refractivity contribution in [2.24, 2.45) is 9.98 Å². The predicted molar refractivity (Wildman–Crippen MR) is 228 cm³/mol. The lowest BCUT2D eigenvalue weighted by Gasteiger charge is -2.31. The van der Waals surface area contributed by atoms with E-state index in [9.17, 15) is 0 Å². The molecule has 0 saturated carbocycles. The second-order valence-corrected chi connectivity index (χ2v) is 15.4. The molecule has 0 fully saturated rings. The summed E-state index contributed by atoms with van der Waals surface area (Å²) in [6.07, 6.45) is 18.7. The van der Waals surface area contributed by atoms with Crippen LogP contribution < -0.4 is 9.47 Å². The second-order valence-electron chi connectivity index (χ2n) is 15.4. The molecule has 0 spiro atoms. The number of nitrogens with zero attached hydrogens (tertiary/aromatic N) is 4. The average Bonchev–Trinajstić information content (AvgIpc) is 3.81. The van der Waals surface area contributed by atoms with Crippen molar-refractivity contribution in [3.05, 3.63) is 192 Å². The Morgan fingerprint density at radius 1 is 0.684 bits per heavy atom. The Bertz CT molecular complexity index is 2790. The highest BCUT2D eigenvalue weighted by atomic mass is 16.5. The van der Waals surface area contributed by atoms with Gasteiger partial charge in [-0.3, -0.25) is 20.0 Å². The number of ether oxygens (including phenoxy) is 2. The summed E-state index contributed by atoms with van der Waals surface area (Å²) < 4.78 is 13.3. The molecule has 5 aliphatic rings. The number of aliphatic imine (C=N–C) groups is 2. The third-order valence-electron chi connectivity index (χ3n) is 12.0. The standard InChI is InChI=1S/C51H38N4O2/c1-51-43-31-37(35-9-7-11-39(29-35)45-13-3-5-25-53-45)19-21-47(43)57-50(51)41(23-27-55-51)33-16-14-32(15-17-33)40-22-26-54-48-42-30-36(18-20-46(42)56-49(40)48)34-8-6-10-38(28-34)44-12-2-4-24-52-44/h3-11,13-29,31,42,50H,2,12,30H2,1H3/t42-,50?,51?/m0/s1. The lowest BCUT2D eigenvalue weighted by molar-refractivity contribution is 0.216. The molecule has 2 unspecified atom stereocenters. The minimum Gasteiger partial charge on any atom is -0.482 e. The fraction of sp³-hybridized carbons (Fsp3) is 0.137. The van der Waals surface area contributed by atoms with Gasteiger partial charge in [-0.05, 0) is 120 Å². The SMILES string of the molecule is CC12N=CC=C(c3ccc(-c4ccnc5c4OC4=CC=C(c6cccc(C7=NC=CCC7)c6)C[C@@H]45)cc3)C1Oc1ccc(-c3cccc(-c4ccccn4)c3)cc12. The van der Waals surface area contributed by atoms with Crippen LogP contribution in [0.2, 0.25) is 0 Å². The Kier molecular flexibility index (Phi) is 7.85. The molecule has 3 atom stereocenters. The van der Waals surface area contributed by atoms with Crippen molar-refractivity contribution >= 4 is 23.1 Å². The Balaban J connectivity index is 0.839. The molecule has 11 rings (SSSR count). The summed E-state index contributed by atoms with van der Waals surface area (Å²) in [5.74, 6) is 2.75. The van der Waals surface area contributed by atoms with Gasteiger partial charge >= 0.3 is 0 Å². The van der Waals surface area contributed by atoms with Crippen molar-refractivity contribution in [3.8, 4) is 45.0 Å². The molecule has 6 aromatic rings. The van der Waals surface area contributed by atoms with Crippen LogP contribution in [0.15, 0.2) is 174 Å². The van der Waals surface area contributed by atoms with Crippen LogP contribution in [0.4, 0.5) is 0 Å². The number of fused-ring (bicyclic) bond motifs is 6. The quantitative estimate of drug-likeness (QED) is 0.171. The van der Waals surface area contributed by atoms with Gasteiger partial charge in [-0.1, -0.05) is 84.9 Å². The van der Waals surface area contributed by atoms with Crippen molar-refractivity contribution in [3.63, 3.8) is 0 Å². The minimum absolute atomic E-state index is 0.0775. The zero-order valence-electron chi connectivity index (χ0n) is 31.5. The van der Waals surface area contributed by atoms with E-state index in [0.717, 1.165) is 98.1 Å². The molecule has 0 bridgehead atoms. The zero-order chi connectivity index (χ0) is 37.9. The second kappa shape index (κ2) is 13.4. The molecule has 0 radical (unpaired) electrons. The van der Waals surface area contributed by atoms with Crippen LogP contribution in [0.3, 0.4) is 0 Å². The van der Waals surface area contributed by atoms with E-state index in [2.05, 4.69) is 138 Å². The fourth-order valence-electron chi connectivity index (χ4n) is 8.96. The van der Waals surface area contributed by atoms with Gasteiger partial charge in [0.25, 0.3) is 0 Å². The molecule has 1 aliphatic carbocycles. The van der Waals surface area contributed by atoms with E-state index in [4.69, 9.17) is 19.5 Å². The third-order valence-corrected chi connectivity index (χ3v) is 12.0. The molecule has 6 heterocycles. The number of benzene rings is 4. The fourth-order valence-corrected chi connectivity index (χ4v) is 8.96. The molecule has 4 aliphatic heterocycles. The summed E-state index contributed by atoms with van der Waals surface area (Å²) in [5, 5.41) is 0. The first-order valence-electron chi connectivity index (χ1n) is 19.7. The van der Waals surface area contributed by atoms with E-state index in [0.29, 0.717) is 0 Å². The van der Waals surface area contributed by atoms with Crippen LogP contribution in [0.25, 0.3) is 44.7 Å². The molecular weight excluding hydrogens is 701 g/mol. The number of allylic oxidation sites excluding steroid dienone is 6. The molecule has 4 aromatic carbocycles. The number of hydrogen-bond acceptors (Lipinski definition) is 6. The summed E-state index contributed by atoms with van der Waals surface area (Å²) >= 11 is 0. The monoisotopic (exact) mass is 738 g/mol. The van der Waals surface area contributed by atoms with Crippen LogP contribution in [0, 0.1) is 0 Å². The molecule has 0 saturated heterocycles. The van der Waals surface area contributed by atoms with Crippen molar-refractivity contribution in [2.75, 3.05) is 0 Å². The van der Waals surface area contributed by atoms with Crippen molar-refractivity contribution < 1.29 is 9.47 Å². The van der Waals surface area contributed by atoms with Crippen molar-refractivity contribution in [1.29, 1.82) is 0 Å². The predicted octanol–water partition coefficient (Wildman–Crippen LogP) is 11.6. The molecule has 57 heavy (non-hydrogen) atoms. The highest BCUT2D eigenvalue weighted by molar-refractivity contribution is 6.02. The highest BCUT2D eigenvalue weighted by Crippen LogP contribution is 2.52. The van der Waals surface area contributed by atoms with E-state index < -0.39 is 5.54 Å². The summed E-state index contributed by atoms with van der Waals surface area (Å²) in [7, 11) is 0. The molecule has 0 amide bonds. The van der Waals surface area contributed by atoms with E-state index in [1.165, 1.54) is 16.7 Å². The van der Waals surface area contributed by atoms with Gasteiger partial charge < -0.3 is 9.47 Å². The smallest absolute Gasteiger partial charge is 0.157 e. The average molecular weight is 739 g/mol. The summed E-state index contributed by atoms with van der Waals surface area (Å²) in [4.78, 5) is 19.1. The largest absolute Gasteiger partial charge is 0.482 e. The van der Waals surface area contributed by atoms with Crippen LogP contribution in [0.1, 0.15) is 60.1 Å². The Morgan fingerprint density at radius 2 is 1.49 bits per heavy atom. The Hall–Kier alpha value is -6.92. The van der Waals surface area contributed by atoms with Gasteiger partial charge in [0.15, 0.2) is 11.9 Å². The number of pyridine rings is 2. The maximum absolute atomic E-state index is 6.73. The number of rotatable bonds is 6. The molecule has 6 heteroatoms. The first-order chi connectivity index (χ1) is 28.1. The first-order valence-corrected chi connectivity index (χ1v) is 19.7. The van der Waals surface area contributed by atoms with E-state index in [1.807, 2.05) is 43.0 Å². The van der Waals surface area contributed by atoms with Gasteiger partial charge in [0, 0.05) is 52.8 Å². The lowest BCUT2D eigenvalue weighted by atomic mass is 9.80. The van der Waals surface area contributed by atoms with Gasteiger partial charge in [-0.15, -0.1) is 0 Å². The molecule has 6 nitrogen and oxygen atoms in total. The topological polar surface area (TPSA) is 69.0 Å². The highest BCUT2D eigenvalue weighted by Gasteiger charge is 2.48. The Morgan fingerprint density at radius 3 is 2.35 bits per heavy atom. The van der Waals surface area contributed by atoms with Gasteiger partial charge in [0.05, 0.1) is 17.3 Å². The van der Waals surface area contributed by atoms with Gasteiger partial charge in [0.2, 0.25) is 0 Å². The van der Waals surface area contributed by atoms with Gasteiger partial charge in [-0.25, -0.2) is 0 Å². The van der Waals surface area contributed by atoms with Gasteiger partial charge in [-0.2, -0.15) is 0 Å². The molecular formula is C51H38N4O2. The third kappa shape index (κ3) is 5.71. The maximum Gasteiger partial charge on any atom is 0.157 e.